The van der Waals surface area contributed by atoms with Crippen molar-refractivity contribution in [2.45, 2.75) is 0 Å². The van der Waals surface area contributed by atoms with Crippen molar-refractivity contribution >= 4 is 62.3 Å². The van der Waals surface area contributed by atoms with Gasteiger partial charge in [0.15, 0.2) is 0 Å². The lowest BCUT2D eigenvalue weighted by Gasteiger charge is -2.08. The number of hydrogen-bond acceptors (Lipinski definition) is 4. The molecule has 2 N–H and O–H groups in total. The van der Waals surface area contributed by atoms with Crippen LogP contribution >= 0.6 is 15.9 Å². The largest absolute Gasteiger partial charge is 0.497 e. The quantitative estimate of drug-likeness (QED) is 0.177. The van der Waals surface area contributed by atoms with Crippen LogP contribution in [0.5, 0.6) is 11.5 Å². The van der Waals surface area contributed by atoms with Crippen LogP contribution in [0.2, 0.25) is 0 Å². The van der Waals surface area contributed by atoms with E-state index >= 15 is 0 Å². The van der Waals surface area contributed by atoms with Gasteiger partial charge < -0.3 is 19.4 Å². The Morgan fingerprint density at radius 1 is 0.396 bits per heavy atom. The predicted octanol–water partition coefficient (Wildman–Crippen LogP) is 12.1. The molecule has 9 rings (SSSR count). The first kappa shape index (κ1) is 32.5. The summed E-state index contributed by atoms with van der Waals surface area (Å²) < 4.78 is 12.1. The zero-order valence-corrected chi connectivity index (χ0v) is 30.6. The van der Waals surface area contributed by atoms with Gasteiger partial charge >= 0.3 is 0 Å². The third kappa shape index (κ3) is 6.05. The Balaban J connectivity index is 1.45. The van der Waals surface area contributed by atoms with Crippen LogP contribution in [0.1, 0.15) is 22.8 Å². The fourth-order valence-corrected chi connectivity index (χ4v) is 7.42. The molecular formula is C46H33BrN4O2. The van der Waals surface area contributed by atoms with Crippen LogP contribution in [0.3, 0.4) is 0 Å². The number of nitrogens with zero attached hydrogens (tertiary/aromatic N) is 2. The Morgan fingerprint density at radius 3 is 1.19 bits per heavy atom. The van der Waals surface area contributed by atoms with E-state index in [1.54, 1.807) is 14.2 Å². The first-order chi connectivity index (χ1) is 26.1. The number of halogens is 1. The van der Waals surface area contributed by atoms with Crippen LogP contribution < -0.4 is 9.47 Å². The summed E-state index contributed by atoms with van der Waals surface area (Å²) in [6.07, 6.45) is 8.38. The molecule has 2 aliphatic heterocycles. The van der Waals surface area contributed by atoms with Crippen LogP contribution in [0.15, 0.2) is 132 Å². The van der Waals surface area contributed by atoms with Crippen molar-refractivity contribution < 1.29 is 9.47 Å². The van der Waals surface area contributed by atoms with E-state index in [1.807, 2.05) is 30.3 Å². The lowest BCUT2D eigenvalue weighted by atomic mass is 10.0. The van der Waals surface area contributed by atoms with Gasteiger partial charge in [0.05, 0.1) is 37.0 Å². The second-order valence-electron chi connectivity index (χ2n) is 12.8. The van der Waals surface area contributed by atoms with Gasteiger partial charge in [0, 0.05) is 48.8 Å². The van der Waals surface area contributed by atoms with E-state index in [4.69, 9.17) is 19.4 Å². The maximum absolute atomic E-state index is 5.52. The van der Waals surface area contributed by atoms with Gasteiger partial charge in [0.2, 0.25) is 0 Å². The van der Waals surface area contributed by atoms with Crippen LogP contribution in [0.25, 0.3) is 90.9 Å². The zero-order chi connectivity index (χ0) is 35.9. The van der Waals surface area contributed by atoms with Crippen LogP contribution in [-0.2, 0) is 0 Å². The fourth-order valence-electron chi connectivity index (χ4n) is 7.16. The van der Waals surface area contributed by atoms with Gasteiger partial charge in [-0.3, -0.25) is 0 Å². The number of hydrogen-bond donors (Lipinski definition) is 2. The molecule has 0 unspecified atom stereocenters. The summed E-state index contributed by atoms with van der Waals surface area (Å²) in [7, 11) is 3.36. The Bertz CT molecular complexity index is 2730. The second kappa shape index (κ2) is 13.6. The summed E-state index contributed by atoms with van der Waals surface area (Å²) in [6, 6.07) is 43.7. The van der Waals surface area contributed by atoms with Crippen molar-refractivity contribution in [3.63, 3.8) is 0 Å². The number of H-pyrrole nitrogens is 2. The average Bonchev–Trinajstić information content (AvgIpc) is 4.04. The minimum atomic E-state index is 0.785. The second-order valence-corrected chi connectivity index (χ2v) is 13.7. The standard InChI is InChI=1S/C46H33BrN4O2/c1-52-33-16-10-30(11-17-33)45-39-23-21-36(49-39)43(28-6-4-3-5-7-28)35-20-22-37(48-35)44(29-8-14-32(47)15-9-29)38-24-25-40(50-38)46(42-27-26-41(45)51-42)31-12-18-34(53-2)19-13-31/h3-27,48-49H,1-2H3. The Morgan fingerprint density at radius 2 is 0.755 bits per heavy atom. The predicted molar refractivity (Wildman–Crippen MR) is 221 cm³/mol. The number of ether oxygens (including phenoxy) is 2. The number of aromatic nitrogens is 4. The molecule has 4 aromatic carbocycles. The number of fused-ring (bicyclic) bond motifs is 8. The van der Waals surface area contributed by atoms with Crippen molar-refractivity contribution in [3.8, 4) is 56.0 Å². The fraction of sp³-hybridized carbons (Fsp3) is 0.0435. The average molecular weight is 754 g/mol. The number of methoxy groups -OCH3 is 2. The molecule has 0 aliphatic carbocycles. The highest BCUT2D eigenvalue weighted by atomic mass is 79.9. The first-order valence-electron chi connectivity index (χ1n) is 17.3. The molecule has 0 fully saturated rings. The Labute approximate surface area is 315 Å². The van der Waals surface area contributed by atoms with E-state index in [0.717, 1.165) is 105 Å². The molecule has 53 heavy (non-hydrogen) atoms. The van der Waals surface area contributed by atoms with Gasteiger partial charge in [-0.25, -0.2) is 9.97 Å². The minimum Gasteiger partial charge on any atom is -0.497 e. The monoisotopic (exact) mass is 752 g/mol. The molecule has 6 nitrogen and oxygen atoms in total. The number of aromatic amines is 2. The van der Waals surface area contributed by atoms with Crippen molar-refractivity contribution in [1.29, 1.82) is 0 Å². The molecule has 7 heteroatoms. The molecule has 256 valence electrons. The molecule has 0 radical (unpaired) electrons. The lowest BCUT2D eigenvalue weighted by molar-refractivity contribution is 0.415. The van der Waals surface area contributed by atoms with E-state index in [0.29, 0.717) is 0 Å². The topological polar surface area (TPSA) is 75.8 Å². The van der Waals surface area contributed by atoms with Crippen LogP contribution in [0.4, 0.5) is 0 Å². The van der Waals surface area contributed by atoms with Crippen LogP contribution in [-0.4, -0.2) is 34.2 Å². The molecule has 8 bridgehead atoms. The summed E-state index contributed by atoms with van der Waals surface area (Å²) >= 11 is 3.63. The van der Waals surface area contributed by atoms with E-state index in [-0.39, 0.29) is 0 Å². The van der Waals surface area contributed by atoms with E-state index in [2.05, 4.69) is 147 Å². The SMILES string of the molecule is COc1ccc(-c2c3nc(c(-c4ccc(Br)cc4)c4ccc([nH]4)c(-c4ccccc4)c4ccc([nH]4)c(-c4ccc(OC)cc4)c4nc2C=C4)C=C3)cc1. The van der Waals surface area contributed by atoms with Gasteiger partial charge in [-0.2, -0.15) is 0 Å². The van der Waals surface area contributed by atoms with Crippen molar-refractivity contribution in [1.82, 2.24) is 19.9 Å². The highest BCUT2D eigenvalue weighted by molar-refractivity contribution is 9.10. The van der Waals surface area contributed by atoms with Gasteiger partial charge in [-0.15, -0.1) is 0 Å². The van der Waals surface area contributed by atoms with Crippen molar-refractivity contribution in [2.24, 2.45) is 0 Å². The summed E-state index contributed by atoms with van der Waals surface area (Å²) in [5.74, 6) is 1.58. The van der Waals surface area contributed by atoms with Gasteiger partial charge in [-0.05, 0) is 107 Å². The van der Waals surface area contributed by atoms with E-state index < -0.39 is 0 Å². The van der Waals surface area contributed by atoms with E-state index in [9.17, 15) is 0 Å². The number of nitrogens with one attached hydrogen (secondary N) is 2. The minimum absolute atomic E-state index is 0.785. The Hall–Kier alpha value is -6.44. The van der Waals surface area contributed by atoms with Gasteiger partial charge in [0.1, 0.15) is 11.5 Å². The third-order valence-electron chi connectivity index (χ3n) is 9.71. The molecule has 0 saturated heterocycles. The maximum Gasteiger partial charge on any atom is 0.118 e. The molecule has 0 amide bonds. The molecule has 0 saturated carbocycles. The molecule has 0 spiro atoms. The van der Waals surface area contributed by atoms with Crippen molar-refractivity contribution in [3.05, 3.63) is 155 Å². The maximum atomic E-state index is 5.52. The third-order valence-corrected chi connectivity index (χ3v) is 10.2. The molecular weight excluding hydrogens is 720 g/mol. The smallest absolute Gasteiger partial charge is 0.118 e. The molecule has 7 aromatic rings. The van der Waals surface area contributed by atoms with Gasteiger partial charge in [-0.1, -0.05) is 82.7 Å². The van der Waals surface area contributed by atoms with Crippen LogP contribution in [0, 0.1) is 0 Å². The lowest BCUT2D eigenvalue weighted by Crippen LogP contribution is -1.91. The summed E-state index contributed by atoms with van der Waals surface area (Å²) in [6.45, 7) is 0. The Kier molecular flexibility index (Phi) is 8.33. The molecule has 2 aliphatic rings. The molecule has 0 atom stereocenters. The number of benzene rings is 4. The van der Waals surface area contributed by atoms with Gasteiger partial charge in [0.25, 0.3) is 0 Å². The molecule has 5 heterocycles. The van der Waals surface area contributed by atoms with Crippen molar-refractivity contribution in [2.75, 3.05) is 14.2 Å². The number of rotatable bonds is 6. The highest BCUT2D eigenvalue weighted by Crippen LogP contribution is 2.39. The normalized spacial score (nSPS) is 11.9. The first-order valence-corrected chi connectivity index (χ1v) is 18.1. The summed E-state index contributed by atoms with van der Waals surface area (Å²) in [5, 5.41) is 0. The molecule has 3 aromatic heterocycles. The summed E-state index contributed by atoms with van der Waals surface area (Å²) in [4.78, 5) is 18.4. The zero-order valence-electron chi connectivity index (χ0n) is 29.0. The summed E-state index contributed by atoms with van der Waals surface area (Å²) in [5.41, 5.74) is 15.3. The van der Waals surface area contributed by atoms with E-state index in [1.165, 1.54) is 0 Å². The highest BCUT2D eigenvalue weighted by Gasteiger charge is 2.19.